The highest BCUT2D eigenvalue weighted by molar-refractivity contribution is 6.02. The first-order valence-electron chi connectivity index (χ1n) is 14.6. The van der Waals surface area contributed by atoms with Crippen molar-refractivity contribution < 1.29 is 9.53 Å². The Kier molecular flexibility index (Phi) is 10.0. The molecule has 0 radical (unpaired) electrons. The molecule has 1 amide bonds. The van der Waals surface area contributed by atoms with E-state index in [9.17, 15) is 4.79 Å². The Hall–Kier alpha value is -4.17. The number of rotatable bonds is 11. The fourth-order valence-corrected chi connectivity index (χ4v) is 5.35. The molecule has 5 rings (SSSR count). The molecule has 0 atom stereocenters. The number of H-pyrrole nitrogens is 1. The number of carbonyl (C=O) groups is 1. The van der Waals surface area contributed by atoms with Gasteiger partial charge in [0.25, 0.3) is 0 Å². The summed E-state index contributed by atoms with van der Waals surface area (Å²) in [5, 5.41) is 11.0. The van der Waals surface area contributed by atoms with Crippen LogP contribution in [0.25, 0.3) is 11.0 Å². The lowest BCUT2D eigenvalue weighted by Crippen LogP contribution is -2.40. The minimum atomic E-state index is -0.00789. The van der Waals surface area contributed by atoms with Crippen LogP contribution >= 0.6 is 0 Å². The van der Waals surface area contributed by atoms with E-state index in [2.05, 4.69) is 45.0 Å². The number of ether oxygens (including phenoxy) is 1. The first-order chi connectivity index (χ1) is 20.2. The Labute approximate surface area is 242 Å². The molecule has 1 aliphatic rings. The summed E-state index contributed by atoms with van der Waals surface area (Å²) in [7, 11) is 0. The average Bonchev–Trinajstić information content (AvgIpc) is 3.50. The third-order valence-corrected chi connectivity index (χ3v) is 7.66. The van der Waals surface area contributed by atoms with Crippen LogP contribution in [0.2, 0.25) is 0 Å². The summed E-state index contributed by atoms with van der Waals surface area (Å²) < 4.78 is 6.00. The average molecular weight is 553 g/mol. The quantitative estimate of drug-likeness (QED) is 0.140. The second-order valence-electron chi connectivity index (χ2n) is 10.6. The molecule has 0 aliphatic heterocycles. The molecule has 1 saturated carbocycles. The minimum Gasteiger partial charge on any atom is -0.372 e. The molecule has 0 bridgehead atoms. The first-order valence-corrected chi connectivity index (χ1v) is 14.6. The van der Waals surface area contributed by atoms with Crippen molar-refractivity contribution in [2.45, 2.75) is 52.4 Å². The molecule has 0 saturated heterocycles. The van der Waals surface area contributed by atoms with E-state index in [1.165, 1.54) is 5.56 Å². The molecule has 4 aromatic rings. The van der Waals surface area contributed by atoms with Gasteiger partial charge in [-0.15, -0.1) is 0 Å². The fourth-order valence-electron chi connectivity index (χ4n) is 5.35. The van der Waals surface area contributed by atoms with Crippen molar-refractivity contribution in [3.8, 4) is 0 Å². The molecular formula is C33H40N6O2. The topological polar surface area (TPSA) is 103 Å². The van der Waals surface area contributed by atoms with Crippen LogP contribution in [0.5, 0.6) is 0 Å². The molecular weight excluding hydrogens is 512 g/mol. The normalized spacial score (nSPS) is 17.3. The highest BCUT2D eigenvalue weighted by Gasteiger charge is 2.27. The first kappa shape index (κ1) is 28.4. The highest BCUT2D eigenvalue weighted by atomic mass is 16.5. The van der Waals surface area contributed by atoms with Gasteiger partial charge in [-0.2, -0.15) is 0 Å². The molecule has 1 fully saturated rings. The molecule has 0 spiro atoms. The Morgan fingerprint density at radius 3 is 2.41 bits per heavy atom. The number of aliphatic imine (C=N–C) groups is 1. The van der Waals surface area contributed by atoms with E-state index in [-0.39, 0.29) is 11.8 Å². The van der Waals surface area contributed by atoms with Gasteiger partial charge in [0.05, 0.1) is 25.4 Å². The number of benzene rings is 2. The van der Waals surface area contributed by atoms with Gasteiger partial charge in [-0.25, -0.2) is 9.98 Å². The second kappa shape index (κ2) is 14.5. The van der Waals surface area contributed by atoms with Gasteiger partial charge in [0.15, 0.2) is 5.96 Å². The monoisotopic (exact) mass is 552 g/mol. The number of nitrogens with one attached hydrogen (secondary N) is 4. The van der Waals surface area contributed by atoms with Gasteiger partial charge in [-0.1, -0.05) is 60.7 Å². The number of nitrogens with zero attached hydrogens (tertiary/aromatic N) is 2. The van der Waals surface area contributed by atoms with Gasteiger partial charge in [0, 0.05) is 42.4 Å². The van der Waals surface area contributed by atoms with Crippen LogP contribution in [-0.2, 0) is 29.3 Å². The van der Waals surface area contributed by atoms with Crippen LogP contribution < -0.4 is 16.0 Å². The number of aromatic nitrogens is 2. The van der Waals surface area contributed by atoms with Crippen molar-refractivity contribution in [1.29, 1.82) is 0 Å². The van der Waals surface area contributed by atoms with Crippen LogP contribution in [0, 0.1) is 11.8 Å². The number of aromatic amines is 1. The summed E-state index contributed by atoms with van der Waals surface area (Å²) in [6.45, 7) is 5.27. The molecule has 41 heavy (non-hydrogen) atoms. The minimum absolute atomic E-state index is 0.00789. The number of amides is 1. The number of fused-ring (bicyclic) bond motifs is 1. The van der Waals surface area contributed by atoms with Crippen molar-refractivity contribution in [1.82, 2.24) is 20.6 Å². The zero-order chi connectivity index (χ0) is 28.3. The number of carbonyl (C=O) groups excluding carboxylic acids is 1. The lowest BCUT2D eigenvalue weighted by Gasteiger charge is -2.28. The maximum atomic E-state index is 13.4. The lowest BCUT2D eigenvalue weighted by atomic mass is 9.81. The van der Waals surface area contributed by atoms with E-state index >= 15 is 0 Å². The smallest absolute Gasteiger partial charge is 0.227 e. The van der Waals surface area contributed by atoms with Gasteiger partial charge in [0.1, 0.15) is 5.65 Å². The molecule has 8 nitrogen and oxygen atoms in total. The van der Waals surface area contributed by atoms with Gasteiger partial charge >= 0.3 is 0 Å². The summed E-state index contributed by atoms with van der Waals surface area (Å²) in [6, 6.07) is 22.3. The van der Waals surface area contributed by atoms with E-state index in [0.717, 1.165) is 72.6 Å². The SMILES string of the molecule is CCNC(=NCc1ccccc1)NCC1CCC(C(=O)Nc2c(COCc3ccccc3)cnc3[nH]ccc23)CC1. The Morgan fingerprint density at radius 1 is 0.951 bits per heavy atom. The molecule has 0 unspecified atom stereocenters. The number of anilines is 1. The third-order valence-electron chi connectivity index (χ3n) is 7.66. The molecule has 2 aromatic carbocycles. The molecule has 2 aromatic heterocycles. The molecule has 4 N–H and O–H groups in total. The Morgan fingerprint density at radius 2 is 1.68 bits per heavy atom. The van der Waals surface area contributed by atoms with Crippen molar-refractivity contribution in [2.24, 2.45) is 16.8 Å². The van der Waals surface area contributed by atoms with Crippen molar-refractivity contribution in [2.75, 3.05) is 18.4 Å². The third kappa shape index (κ3) is 7.95. The van der Waals surface area contributed by atoms with E-state index in [1.54, 1.807) is 6.20 Å². The number of pyridine rings is 1. The summed E-state index contributed by atoms with van der Waals surface area (Å²) in [6.07, 6.45) is 7.40. The zero-order valence-electron chi connectivity index (χ0n) is 23.7. The predicted molar refractivity (Wildman–Crippen MR) is 164 cm³/mol. The van der Waals surface area contributed by atoms with Gasteiger partial charge < -0.3 is 25.7 Å². The van der Waals surface area contributed by atoms with Crippen molar-refractivity contribution in [3.63, 3.8) is 0 Å². The lowest BCUT2D eigenvalue weighted by molar-refractivity contribution is -0.121. The van der Waals surface area contributed by atoms with Crippen LogP contribution in [0.1, 0.15) is 49.3 Å². The second-order valence-corrected chi connectivity index (χ2v) is 10.6. The highest BCUT2D eigenvalue weighted by Crippen LogP contribution is 2.32. The molecule has 8 heteroatoms. The molecule has 1 aliphatic carbocycles. The molecule has 214 valence electrons. The van der Waals surface area contributed by atoms with Crippen LogP contribution in [-0.4, -0.2) is 34.9 Å². The van der Waals surface area contributed by atoms with Crippen molar-refractivity contribution >= 4 is 28.6 Å². The zero-order valence-corrected chi connectivity index (χ0v) is 23.7. The number of hydrogen-bond acceptors (Lipinski definition) is 4. The summed E-state index contributed by atoms with van der Waals surface area (Å²) in [4.78, 5) is 25.8. The predicted octanol–water partition coefficient (Wildman–Crippen LogP) is 5.78. The summed E-state index contributed by atoms with van der Waals surface area (Å²) in [5.74, 6) is 1.42. The number of guanidine groups is 1. The van der Waals surface area contributed by atoms with E-state index in [4.69, 9.17) is 9.73 Å². The molecule has 2 heterocycles. The van der Waals surface area contributed by atoms with Crippen LogP contribution in [0.3, 0.4) is 0 Å². The summed E-state index contributed by atoms with van der Waals surface area (Å²) in [5.41, 5.74) is 4.73. The largest absolute Gasteiger partial charge is 0.372 e. The maximum absolute atomic E-state index is 13.4. The summed E-state index contributed by atoms with van der Waals surface area (Å²) >= 11 is 0. The Balaban J connectivity index is 1.14. The van der Waals surface area contributed by atoms with Gasteiger partial charge in [-0.3, -0.25) is 4.79 Å². The van der Waals surface area contributed by atoms with E-state index in [0.29, 0.717) is 25.7 Å². The van der Waals surface area contributed by atoms with Crippen LogP contribution in [0.4, 0.5) is 5.69 Å². The Bertz CT molecular complexity index is 1410. The standard InChI is InChI=1S/C33H40N6O2/c1-2-34-33(37-19-24-9-5-3-6-10-24)38-20-25-13-15-27(16-14-25)32(40)39-30-28(21-36-31-29(30)17-18-35-31)23-41-22-26-11-7-4-8-12-26/h3-12,17-18,21,25,27H,2,13-16,19-20,22-23H2,1H3,(H2,34,37,38)(H2,35,36,39,40). The van der Waals surface area contributed by atoms with Gasteiger partial charge in [-0.05, 0) is 55.7 Å². The van der Waals surface area contributed by atoms with Crippen molar-refractivity contribution in [3.05, 3.63) is 95.8 Å². The van der Waals surface area contributed by atoms with Gasteiger partial charge in [0.2, 0.25) is 5.91 Å². The number of hydrogen-bond donors (Lipinski definition) is 4. The maximum Gasteiger partial charge on any atom is 0.227 e. The van der Waals surface area contributed by atoms with E-state index in [1.807, 2.05) is 60.8 Å². The van der Waals surface area contributed by atoms with E-state index < -0.39 is 0 Å². The van der Waals surface area contributed by atoms with Crippen LogP contribution in [0.15, 0.2) is 84.1 Å². The fraction of sp³-hybridized carbons (Fsp3) is 0.364.